The van der Waals surface area contributed by atoms with Gasteiger partial charge in [0.05, 0.1) is 19.3 Å². The molecule has 2 N–H and O–H groups in total. The second kappa shape index (κ2) is 6.56. The minimum Gasteiger partial charge on any atom is -0.378 e. The van der Waals surface area contributed by atoms with Crippen molar-refractivity contribution < 1.29 is 4.74 Å². The Hall–Kier alpha value is -0.420. The highest BCUT2D eigenvalue weighted by atomic mass is 79.9. The third kappa shape index (κ3) is 3.42. The topological polar surface area (TPSA) is 38.5 Å². The van der Waals surface area contributed by atoms with E-state index in [1.165, 1.54) is 5.56 Å². The average Bonchev–Trinajstić information content (AvgIpc) is 2.40. The van der Waals surface area contributed by atoms with Crippen molar-refractivity contribution in [1.82, 2.24) is 4.90 Å². The molecule has 0 aromatic heterocycles. The third-order valence-corrected chi connectivity index (χ3v) is 4.61. The number of rotatable bonds is 4. The first-order valence-electron chi connectivity index (χ1n) is 7.31. The van der Waals surface area contributed by atoms with Crippen molar-refractivity contribution in [3.63, 3.8) is 0 Å². The standard InChI is InChI=1S/C16H25BrN2O/c1-4-14(18)15(12-6-5-7-13(17)10-12)19-8-9-20-11-16(19,2)3/h5-7,10,14-15H,4,8-9,11,18H2,1-3H3. The summed E-state index contributed by atoms with van der Waals surface area (Å²) in [6.45, 7) is 9.10. The molecule has 0 saturated carbocycles. The quantitative estimate of drug-likeness (QED) is 0.913. The van der Waals surface area contributed by atoms with Gasteiger partial charge in [-0.15, -0.1) is 0 Å². The maximum absolute atomic E-state index is 6.45. The van der Waals surface area contributed by atoms with Crippen molar-refractivity contribution in [3.05, 3.63) is 34.3 Å². The summed E-state index contributed by atoms with van der Waals surface area (Å²) in [6.07, 6.45) is 0.963. The molecule has 1 heterocycles. The third-order valence-electron chi connectivity index (χ3n) is 4.11. The molecule has 2 atom stereocenters. The highest BCUT2D eigenvalue weighted by Crippen LogP contribution is 2.34. The van der Waals surface area contributed by atoms with Crippen LogP contribution in [0, 0.1) is 0 Å². The molecular weight excluding hydrogens is 316 g/mol. The zero-order valence-corrected chi connectivity index (χ0v) is 14.2. The average molecular weight is 341 g/mol. The number of hydrogen-bond acceptors (Lipinski definition) is 3. The van der Waals surface area contributed by atoms with Crippen LogP contribution in [0.4, 0.5) is 0 Å². The van der Waals surface area contributed by atoms with E-state index in [-0.39, 0.29) is 17.6 Å². The molecule has 1 aromatic rings. The first kappa shape index (κ1) is 16.0. The fourth-order valence-electron chi connectivity index (χ4n) is 2.96. The predicted octanol–water partition coefficient (Wildman–Crippen LogP) is 3.34. The van der Waals surface area contributed by atoms with Crippen LogP contribution in [0.25, 0.3) is 0 Å². The summed E-state index contributed by atoms with van der Waals surface area (Å²) in [5.74, 6) is 0. The van der Waals surface area contributed by atoms with Gasteiger partial charge in [-0.05, 0) is 38.0 Å². The molecule has 0 radical (unpaired) electrons. The normalized spacial score (nSPS) is 22.4. The van der Waals surface area contributed by atoms with Crippen molar-refractivity contribution in [2.75, 3.05) is 19.8 Å². The largest absolute Gasteiger partial charge is 0.378 e. The number of nitrogens with zero attached hydrogens (tertiary/aromatic N) is 1. The summed E-state index contributed by atoms with van der Waals surface area (Å²) in [5, 5.41) is 0. The van der Waals surface area contributed by atoms with E-state index in [9.17, 15) is 0 Å². The van der Waals surface area contributed by atoms with Crippen molar-refractivity contribution in [2.45, 2.75) is 44.8 Å². The van der Waals surface area contributed by atoms with Gasteiger partial charge in [-0.2, -0.15) is 0 Å². The molecule has 1 fully saturated rings. The molecule has 1 aromatic carbocycles. The van der Waals surface area contributed by atoms with Gasteiger partial charge in [0.2, 0.25) is 0 Å². The van der Waals surface area contributed by atoms with E-state index in [1.54, 1.807) is 0 Å². The molecule has 4 heteroatoms. The molecule has 2 unspecified atom stereocenters. The summed E-state index contributed by atoms with van der Waals surface area (Å²) < 4.78 is 6.75. The molecule has 0 amide bonds. The van der Waals surface area contributed by atoms with Crippen LogP contribution < -0.4 is 5.73 Å². The van der Waals surface area contributed by atoms with E-state index in [4.69, 9.17) is 10.5 Å². The number of hydrogen-bond donors (Lipinski definition) is 1. The summed E-state index contributed by atoms with van der Waals surface area (Å²) in [6, 6.07) is 8.87. The Labute approximate surface area is 130 Å². The zero-order chi connectivity index (χ0) is 14.8. The smallest absolute Gasteiger partial charge is 0.0645 e. The van der Waals surface area contributed by atoms with Gasteiger partial charge in [-0.25, -0.2) is 0 Å². The predicted molar refractivity (Wildman–Crippen MR) is 86.8 cm³/mol. The minimum atomic E-state index is 0.0119. The molecule has 1 aliphatic rings. The Morgan fingerprint density at radius 1 is 1.45 bits per heavy atom. The highest BCUT2D eigenvalue weighted by Gasteiger charge is 2.38. The van der Waals surface area contributed by atoms with Gasteiger partial charge in [0, 0.05) is 22.6 Å². The van der Waals surface area contributed by atoms with Crippen LogP contribution in [0.3, 0.4) is 0 Å². The van der Waals surface area contributed by atoms with Crippen molar-refractivity contribution >= 4 is 15.9 Å². The van der Waals surface area contributed by atoms with Crippen LogP contribution in [0.1, 0.15) is 38.8 Å². The molecule has 112 valence electrons. The van der Waals surface area contributed by atoms with E-state index in [0.29, 0.717) is 0 Å². The molecule has 0 aliphatic carbocycles. The number of nitrogens with two attached hydrogens (primary N) is 1. The fourth-order valence-corrected chi connectivity index (χ4v) is 3.38. The Morgan fingerprint density at radius 3 is 2.80 bits per heavy atom. The first-order chi connectivity index (χ1) is 9.45. The molecule has 1 aliphatic heterocycles. The molecule has 20 heavy (non-hydrogen) atoms. The van der Waals surface area contributed by atoms with Gasteiger partial charge in [-0.1, -0.05) is 35.0 Å². The minimum absolute atomic E-state index is 0.0119. The molecule has 2 rings (SSSR count). The monoisotopic (exact) mass is 340 g/mol. The second-order valence-corrected chi connectivity index (χ2v) is 7.05. The van der Waals surface area contributed by atoms with Gasteiger partial charge in [0.25, 0.3) is 0 Å². The molecular formula is C16H25BrN2O. The molecule has 1 saturated heterocycles. The van der Waals surface area contributed by atoms with Crippen LogP contribution in [-0.4, -0.2) is 36.2 Å². The van der Waals surface area contributed by atoms with Crippen molar-refractivity contribution in [3.8, 4) is 0 Å². The van der Waals surface area contributed by atoms with Crippen molar-refractivity contribution in [2.24, 2.45) is 5.73 Å². The summed E-state index contributed by atoms with van der Waals surface area (Å²) in [7, 11) is 0. The van der Waals surface area contributed by atoms with E-state index in [2.05, 4.69) is 65.9 Å². The Balaban J connectivity index is 2.37. The lowest BCUT2D eigenvalue weighted by atomic mass is 9.90. The fraction of sp³-hybridized carbons (Fsp3) is 0.625. The van der Waals surface area contributed by atoms with Gasteiger partial charge in [0.1, 0.15) is 0 Å². The Kier molecular flexibility index (Phi) is 5.24. The lowest BCUT2D eigenvalue weighted by Gasteiger charge is -2.48. The van der Waals surface area contributed by atoms with E-state index in [1.807, 2.05) is 0 Å². The van der Waals surface area contributed by atoms with Crippen molar-refractivity contribution in [1.29, 1.82) is 0 Å². The molecule has 0 spiro atoms. The summed E-state index contributed by atoms with van der Waals surface area (Å²) in [5.41, 5.74) is 7.75. The van der Waals surface area contributed by atoms with Gasteiger partial charge in [-0.3, -0.25) is 4.90 Å². The highest BCUT2D eigenvalue weighted by molar-refractivity contribution is 9.10. The van der Waals surface area contributed by atoms with Gasteiger partial charge in [0.15, 0.2) is 0 Å². The van der Waals surface area contributed by atoms with E-state index >= 15 is 0 Å². The first-order valence-corrected chi connectivity index (χ1v) is 8.10. The van der Waals surface area contributed by atoms with Crippen LogP contribution in [-0.2, 0) is 4.74 Å². The maximum Gasteiger partial charge on any atom is 0.0645 e. The Bertz CT molecular complexity index is 450. The van der Waals surface area contributed by atoms with Gasteiger partial charge >= 0.3 is 0 Å². The molecule has 0 bridgehead atoms. The number of benzene rings is 1. The number of ether oxygens (including phenoxy) is 1. The lowest BCUT2D eigenvalue weighted by Crippen LogP contribution is -2.57. The summed E-state index contributed by atoms with van der Waals surface area (Å²) >= 11 is 3.57. The van der Waals surface area contributed by atoms with E-state index in [0.717, 1.165) is 30.7 Å². The van der Waals surface area contributed by atoms with Crippen LogP contribution in [0.5, 0.6) is 0 Å². The second-order valence-electron chi connectivity index (χ2n) is 6.13. The van der Waals surface area contributed by atoms with Crippen LogP contribution in [0.2, 0.25) is 0 Å². The van der Waals surface area contributed by atoms with Crippen LogP contribution >= 0.6 is 15.9 Å². The lowest BCUT2D eigenvalue weighted by molar-refractivity contribution is -0.0777. The SMILES string of the molecule is CCC(N)C(c1cccc(Br)c1)N1CCOCC1(C)C. The zero-order valence-electron chi connectivity index (χ0n) is 12.6. The van der Waals surface area contributed by atoms with Crippen LogP contribution in [0.15, 0.2) is 28.7 Å². The maximum atomic E-state index is 6.45. The number of halogens is 1. The Morgan fingerprint density at radius 2 is 2.20 bits per heavy atom. The van der Waals surface area contributed by atoms with E-state index < -0.39 is 0 Å². The number of morpholine rings is 1. The van der Waals surface area contributed by atoms with Gasteiger partial charge < -0.3 is 10.5 Å². The molecule has 3 nitrogen and oxygen atoms in total. The summed E-state index contributed by atoms with van der Waals surface area (Å²) in [4.78, 5) is 2.51.